The summed E-state index contributed by atoms with van der Waals surface area (Å²) in [5.41, 5.74) is 2.11. The molecule has 0 aromatic carbocycles. The van der Waals surface area contributed by atoms with E-state index in [-0.39, 0.29) is 18.4 Å². The first-order valence-corrected chi connectivity index (χ1v) is 9.14. The molecule has 4 heterocycles. The van der Waals surface area contributed by atoms with E-state index in [1.54, 1.807) is 23.4 Å². The molecule has 1 spiro atoms. The number of hydrogen-bond donors (Lipinski definition) is 1. The Hall–Kier alpha value is -2.68. The van der Waals surface area contributed by atoms with Crippen LogP contribution in [0.3, 0.4) is 0 Å². The van der Waals surface area contributed by atoms with E-state index in [0.29, 0.717) is 38.2 Å². The highest BCUT2D eigenvalue weighted by Gasteiger charge is 2.49. The van der Waals surface area contributed by atoms with E-state index >= 15 is 0 Å². The zero-order valence-corrected chi connectivity index (χ0v) is 15.6. The van der Waals surface area contributed by atoms with Crippen molar-refractivity contribution >= 4 is 11.8 Å². The van der Waals surface area contributed by atoms with Crippen molar-refractivity contribution in [3.05, 3.63) is 35.9 Å². The van der Waals surface area contributed by atoms with E-state index in [0.717, 1.165) is 17.8 Å². The van der Waals surface area contributed by atoms with Crippen LogP contribution >= 0.6 is 0 Å². The Morgan fingerprint density at radius 2 is 2.07 bits per heavy atom. The maximum absolute atomic E-state index is 12.8. The van der Waals surface area contributed by atoms with Crippen LogP contribution in [0.4, 0.5) is 0 Å². The van der Waals surface area contributed by atoms with E-state index in [1.165, 1.54) is 7.11 Å². The number of carbonyl (C=O) groups is 2. The van der Waals surface area contributed by atoms with E-state index in [1.807, 2.05) is 16.8 Å². The van der Waals surface area contributed by atoms with Gasteiger partial charge in [0.05, 0.1) is 30.1 Å². The fraction of sp³-hybridized carbons (Fsp3) is 0.556. The molecule has 1 saturated heterocycles. The second kappa shape index (κ2) is 6.80. The van der Waals surface area contributed by atoms with Crippen LogP contribution in [0, 0.1) is 0 Å². The van der Waals surface area contributed by atoms with E-state index in [2.05, 4.69) is 15.0 Å². The summed E-state index contributed by atoms with van der Waals surface area (Å²) in [6.45, 7) is 1.81. The van der Waals surface area contributed by atoms with Crippen LogP contribution in [-0.4, -0.2) is 74.5 Å². The predicted molar refractivity (Wildman–Crippen MR) is 95.9 cm³/mol. The van der Waals surface area contributed by atoms with E-state index in [4.69, 9.17) is 4.74 Å². The number of fused-ring (bicyclic) bond motifs is 2. The molecular formula is C18H24N6O3. The fourth-order valence-corrected chi connectivity index (χ4v) is 4.35. The Balaban J connectivity index is 1.59. The Kier molecular flexibility index (Phi) is 4.47. The minimum absolute atomic E-state index is 0.0299. The van der Waals surface area contributed by atoms with Gasteiger partial charge in [0.2, 0.25) is 5.91 Å². The average molecular weight is 372 g/mol. The number of rotatable bonds is 3. The summed E-state index contributed by atoms with van der Waals surface area (Å²) in [5, 5.41) is 0. The Morgan fingerprint density at radius 1 is 1.30 bits per heavy atom. The summed E-state index contributed by atoms with van der Waals surface area (Å²) in [6, 6.07) is 0. The molecule has 0 radical (unpaired) electrons. The fourth-order valence-electron chi connectivity index (χ4n) is 4.35. The lowest BCUT2D eigenvalue weighted by Crippen LogP contribution is -2.59. The van der Waals surface area contributed by atoms with Gasteiger partial charge in [-0.2, -0.15) is 0 Å². The SMILES string of the molecule is COCC(=O)N1CCc2[nH]cnc2C12CCN(C(=O)c1cncn1C)CC2. The smallest absolute Gasteiger partial charge is 0.272 e. The molecule has 9 nitrogen and oxygen atoms in total. The summed E-state index contributed by atoms with van der Waals surface area (Å²) in [7, 11) is 3.34. The first kappa shape index (κ1) is 17.7. The molecule has 0 aliphatic carbocycles. The van der Waals surface area contributed by atoms with Gasteiger partial charge in [0.25, 0.3) is 5.91 Å². The number of methoxy groups -OCH3 is 1. The molecule has 144 valence electrons. The number of likely N-dealkylation sites (tertiary alicyclic amines) is 1. The summed E-state index contributed by atoms with van der Waals surface area (Å²) in [5.74, 6) is -0.0600. The van der Waals surface area contributed by atoms with Crippen LogP contribution in [0.25, 0.3) is 0 Å². The predicted octanol–water partition coefficient (Wildman–Crippen LogP) is 0.306. The number of nitrogens with one attached hydrogen (secondary N) is 1. The van der Waals surface area contributed by atoms with Crippen molar-refractivity contribution in [1.29, 1.82) is 0 Å². The lowest BCUT2D eigenvalue weighted by molar-refractivity contribution is -0.145. The van der Waals surface area contributed by atoms with Crippen molar-refractivity contribution in [1.82, 2.24) is 29.3 Å². The molecule has 0 saturated carbocycles. The number of H-pyrrole nitrogens is 1. The van der Waals surface area contributed by atoms with Gasteiger partial charge in [-0.25, -0.2) is 9.97 Å². The summed E-state index contributed by atoms with van der Waals surface area (Å²) in [6.07, 6.45) is 6.98. The van der Waals surface area contributed by atoms with Crippen molar-refractivity contribution in [2.45, 2.75) is 24.8 Å². The van der Waals surface area contributed by atoms with Gasteiger partial charge >= 0.3 is 0 Å². The highest BCUT2D eigenvalue weighted by atomic mass is 16.5. The molecular weight excluding hydrogens is 348 g/mol. The number of ether oxygens (including phenoxy) is 1. The van der Waals surface area contributed by atoms with Gasteiger partial charge < -0.3 is 24.1 Å². The maximum Gasteiger partial charge on any atom is 0.272 e. The zero-order valence-electron chi connectivity index (χ0n) is 15.6. The highest BCUT2D eigenvalue weighted by Crippen LogP contribution is 2.42. The lowest BCUT2D eigenvalue weighted by atomic mass is 9.78. The third-order valence-electron chi connectivity index (χ3n) is 5.74. The van der Waals surface area contributed by atoms with E-state index < -0.39 is 5.54 Å². The highest BCUT2D eigenvalue weighted by molar-refractivity contribution is 5.92. The van der Waals surface area contributed by atoms with Gasteiger partial charge in [0.15, 0.2) is 0 Å². The van der Waals surface area contributed by atoms with Crippen LogP contribution in [0.1, 0.15) is 34.7 Å². The van der Waals surface area contributed by atoms with Crippen LogP contribution in [0.15, 0.2) is 18.9 Å². The third kappa shape index (κ3) is 2.82. The van der Waals surface area contributed by atoms with Crippen LogP contribution in [-0.2, 0) is 28.5 Å². The minimum atomic E-state index is -0.480. The van der Waals surface area contributed by atoms with Crippen LogP contribution < -0.4 is 0 Å². The maximum atomic E-state index is 12.8. The second-order valence-corrected chi connectivity index (χ2v) is 7.17. The molecule has 27 heavy (non-hydrogen) atoms. The minimum Gasteiger partial charge on any atom is -0.375 e. The molecule has 0 unspecified atom stereocenters. The quantitative estimate of drug-likeness (QED) is 0.836. The van der Waals surface area contributed by atoms with Gasteiger partial charge in [0, 0.05) is 45.9 Å². The van der Waals surface area contributed by atoms with E-state index in [9.17, 15) is 9.59 Å². The molecule has 1 N–H and O–H groups in total. The van der Waals surface area contributed by atoms with Crippen molar-refractivity contribution in [2.75, 3.05) is 33.4 Å². The molecule has 9 heteroatoms. The first-order valence-electron chi connectivity index (χ1n) is 9.14. The number of amides is 2. The molecule has 4 rings (SSSR count). The number of aromatic amines is 1. The molecule has 2 aliphatic rings. The van der Waals surface area contributed by atoms with Gasteiger partial charge in [-0.3, -0.25) is 9.59 Å². The summed E-state index contributed by atoms with van der Waals surface area (Å²) < 4.78 is 6.82. The normalized spacial score (nSPS) is 18.6. The number of imidazole rings is 2. The van der Waals surface area contributed by atoms with Gasteiger partial charge in [-0.05, 0) is 12.8 Å². The largest absolute Gasteiger partial charge is 0.375 e. The molecule has 2 aliphatic heterocycles. The van der Waals surface area contributed by atoms with Crippen LogP contribution in [0.5, 0.6) is 0 Å². The van der Waals surface area contributed by atoms with Gasteiger partial charge in [-0.1, -0.05) is 0 Å². The molecule has 0 bridgehead atoms. The van der Waals surface area contributed by atoms with Crippen molar-refractivity contribution < 1.29 is 14.3 Å². The topological polar surface area (TPSA) is 96.3 Å². The standard InChI is InChI=1S/C18H24N6O3/c1-22-12-19-9-14(22)17(26)23-7-4-18(5-8-23)16-13(20-11-21-16)3-6-24(18)15(25)10-27-2/h9,11-12H,3-8,10H2,1-2H3,(H,20,21). The van der Waals surface area contributed by atoms with Gasteiger partial charge in [-0.15, -0.1) is 0 Å². The number of piperidine rings is 1. The number of nitrogens with zero attached hydrogens (tertiary/aromatic N) is 5. The molecule has 0 atom stereocenters. The van der Waals surface area contributed by atoms with Crippen LogP contribution in [0.2, 0.25) is 0 Å². The van der Waals surface area contributed by atoms with Gasteiger partial charge in [0.1, 0.15) is 12.3 Å². The molecule has 2 aromatic heterocycles. The average Bonchev–Trinajstić information content (AvgIpc) is 3.31. The zero-order chi connectivity index (χ0) is 19.0. The molecule has 1 fully saturated rings. The summed E-state index contributed by atoms with van der Waals surface area (Å²) >= 11 is 0. The number of hydrogen-bond acceptors (Lipinski definition) is 5. The second-order valence-electron chi connectivity index (χ2n) is 7.17. The monoisotopic (exact) mass is 372 g/mol. The summed E-state index contributed by atoms with van der Waals surface area (Å²) in [4.78, 5) is 41.1. The Bertz CT molecular complexity index is 849. The molecule has 2 amide bonds. The Morgan fingerprint density at radius 3 is 2.74 bits per heavy atom. The Labute approximate surface area is 157 Å². The first-order chi connectivity index (χ1) is 13.1. The lowest BCUT2D eigenvalue weighted by Gasteiger charge is -2.50. The van der Waals surface area contributed by atoms with Crippen molar-refractivity contribution in [3.63, 3.8) is 0 Å². The molecule has 2 aromatic rings. The number of aromatic nitrogens is 4. The van der Waals surface area contributed by atoms with Crippen molar-refractivity contribution in [3.8, 4) is 0 Å². The third-order valence-corrected chi connectivity index (χ3v) is 5.74. The number of carbonyl (C=O) groups excluding carboxylic acids is 2. The number of aryl methyl sites for hydroxylation is 1. The van der Waals surface area contributed by atoms with Crippen molar-refractivity contribution in [2.24, 2.45) is 7.05 Å².